The molecule has 3 aromatic rings. The van der Waals surface area contributed by atoms with E-state index in [0.29, 0.717) is 21.5 Å². The number of methoxy groups -OCH3 is 1. The molecular formula is C20H16ClFN2O5. The van der Waals surface area contributed by atoms with Crippen LogP contribution in [0.1, 0.15) is 27.6 Å². The maximum absolute atomic E-state index is 14.0. The number of carbonyl (C=O) groups excluding carboxylic acids is 1. The van der Waals surface area contributed by atoms with Gasteiger partial charge in [0.15, 0.2) is 6.10 Å². The van der Waals surface area contributed by atoms with Gasteiger partial charge in [0.25, 0.3) is 11.5 Å². The molecule has 1 aromatic heterocycles. The highest BCUT2D eigenvalue weighted by Crippen LogP contribution is 2.24. The van der Waals surface area contributed by atoms with Gasteiger partial charge in [0.2, 0.25) is 0 Å². The highest BCUT2D eigenvalue weighted by molar-refractivity contribution is 6.31. The fourth-order valence-corrected chi connectivity index (χ4v) is 3.24. The minimum Gasteiger partial charge on any atom is -0.477 e. The second-order valence-corrected chi connectivity index (χ2v) is 6.64. The van der Waals surface area contributed by atoms with E-state index in [1.165, 1.54) is 43.5 Å². The Balaban J connectivity index is 1.91. The number of aromatic amines is 1. The van der Waals surface area contributed by atoms with E-state index in [1.807, 2.05) is 0 Å². The van der Waals surface area contributed by atoms with E-state index in [1.54, 1.807) is 6.07 Å². The van der Waals surface area contributed by atoms with E-state index in [2.05, 4.69) is 10.3 Å². The van der Waals surface area contributed by atoms with Gasteiger partial charge in [-0.25, -0.2) is 9.18 Å². The maximum atomic E-state index is 14.0. The van der Waals surface area contributed by atoms with Crippen LogP contribution in [0, 0.1) is 5.82 Å². The zero-order valence-corrected chi connectivity index (χ0v) is 15.9. The normalized spacial score (nSPS) is 12.0. The van der Waals surface area contributed by atoms with Crippen LogP contribution in [-0.2, 0) is 16.1 Å². The Hall–Kier alpha value is -3.23. The van der Waals surface area contributed by atoms with Crippen molar-refractivity contribution in [2.45, 2.75) is 12.6 Å². The van der Waals surface area contributed by atoms with Crippen LogP contribution in [0.15, 0.2) is 47.3 Å². The average Bonchev–Trinajstić information content (AvgIpc) is 2.68. The highest BCUT2D eigenvalue weighted by Gasteiger charge is 2.23. The lowest BCUT2D eigenvalue weighted by Gasteiger charge is -2.17. The maximum Gasteiger partial charge on any atom is 0.341 e. The van der Waals surface area contributed by atoms with Crippen LogP contribution in [-0.4, -0.2) is 29.1 Å². The minimum atomic E-state index is -1.36. The molecule has 0 aliphatic rings. The van der Waals surface area contributed by atoms with Crippen molar-refractivity contribution >= 4 is 34.4 Å². The van der Waals surface area contributed by atoms with Crippen LogP contribution < -0.4 is 10.9 Å². The summed E-state index contributed by atoms with van der Waals surface area (Å²) in [6, 6.07) is 10.0. The molecule has 0 bridgehead atoms. The molecule has 3 N–H and O–H groups in total. The summed E-state index contributed by atoms with van der Waals surface area (Å²) < 4.78 is 19.1. The first-order valence-electron chi connectivity index (χ1n) is 8.45. The zero-order valence-electron chi connectivity index (χ0n) is 15.2. The summed E-state index contributed by atoms with van der Waals surface area (Å²) in [4.78, 5) is 38.2. The summed E-state index contributed by atoms with van der Waals surface area (Å²) in [5.41, 5.74) is -0.319. The molecule has 0 aliphatic heterocycles. The van der Waals surface area contributed by atoms with Gasteiger partial charge in [0.05, 0.1) is 5.52 Å². The van der Waals surface area contributed by atoms with Crippen molar-refractivity contribution in [3.05, 3.63) is 80.3 Å². The largest absolute Gasteiger partial charge is 0.477 e. The minimum absolute atomic E-state index is 0.0490. The fraction of sp³-hybridized carbons (Fsp3) is 0.150. The van der Waals surface area contributed by atoms with Gasteiger partial charge in [0.1, 0.15) is 11.4 Å². The van der Waals surface area contributed by atoms with Crippen LogP contribution in [0.25, 0.3) is 10.9 Å². The number of carbonyl (C=O) groups is 2. The molecule has 7 nitrogen and oxygen atoms in total. The van der Waals surface area contributed by atoms with E-state index < -0.39 is 34.9 Å². The molecule has 1 unspecified atom stereocenters. The Kier molecular flexibility index (Phi) is 5.95. The predicted molar refractivity (Wildman–Crippen MR) is 105 cm³/mol. The Morgan fingerprint density at radius 1 is 1.28 bits per heavy atom. The SMILES string of the molecule is COC(C(=O)NCc1cc(Cl)cc2cc(C(=O)O)c(=O)[nH]c12)c1ccccc1F. The summed E-state index contributed by atoms with van der Waals surface area (Å²) in [6.45, 7) is -0.0490. The molecule has 0 saturated heterocycles. The van der Waals surface area contributed by atoms with Crippen LogP contribution in [0.3, 0.4) is 0 Å². The molecule has 1 amide bonds. The number of H-pyrrole nitrogens is 1. The third-order valence-electron chi connectivity index (χ3n) is 4.34. The van der Waals surface area contributed by atoms with E-state index in [4.69, 9.17) is 21.4 Å². The number of hydrogen-bond acceptors (Lipinski definition) is 4. The topological polar surface area (TPSA) is 108 Å². The van der Waals surface area contributed by atoms with Crippen molar-refractivity contribution < 1.29 is 23.8 Å². The lowest BCUT2D eigenvalue weighted by Crippen LogP contribution is -2.30. The quantitative estimate of drug-likeness (QED) is 0.570. The van der Waals surface area contributed by atoms with Gasteiger partial charge in [0, 0.05) is 29.6 Å². The summed E-state index contributed by atoms with van der Waals surface area (Å²) in [7, 11) is 1.29. The molecule has 0 fully saturated rings. The standard InChI is InChI=1S/C20H16ClFN2O5/c1-29-17(13-4-2-3-5-15(13)22)19(26)23-9-11-7-12(21)6-10-8-14(20(27)28)18(25)24-16(10)11/h2-8,17H,9H2,1H3,(H,23,26)(H,24,25)(H,27,28). The van der Waals surface area contributed by atoms with Gasteiger partial charge in [-0.15, -0.1) is 0 Å². The number of fused-ring (bicyclic) bond motifs is 1. The van der Waals surface area contributed by atoms with Crippen molar-refractivity contribution in [1.29, 1.82) is 0 Å². The number of carboxylic acids is 1. The summed E-state index contributed by atoms with van der Waals surface area (Å²) >= 11 is 6.09. The molecule has 1 heterocycles. The van der Waals surface area contributed by atoms with Crippen molar-refractivity contribution in [2.24, 2.45) is 0 Å². The number of ether oxygens (including phenoxy) is 1. The fourth-order valence-electron chi connectivity index (χ4n) is 2.99. The van der Waals surface area contributed by atoms with Crippen molar-refractivity contribution in [2.75, 3.05) is 7.11 Å². The molecule has 150 valence electrons. The third kappa shape index (κ3) is 4.28. The molecule has 9 heteroatoms. The number of amides is 1. The van der Waals surface area contributed by atoms with E-state index in [-0.39, 0.29) is 12.1 Å². The average molecular weight is 419 g/mol. The summed E-state index contributed by atoms with van der Waals surface area (Å²) in [6.07, 6.45) is -1.17. The molecule has 0 saturated carbocycles. The Bertz CT molecular complexity index is 1160. The highest BCUT2D eigenvalue weighted by atomic mass is 35.5. The Labute approximate surface area is 169 Å². The number of benzene rings is 2. The first-order chi connectivity index (χ1) is 13.8. The van der Waals surface area contributed by atoms with Gasteiger partial charge in [-0.05, 0) is 29.8 Å². The number of carboxylic acid groups (broad SMARTS) is 1. The van der Waals surface area contributed by atoms with Gasteiger partial charge in [-0.3, -0.25) is 9.59 Å². The second kappa shape index (κ2) is 8.42. The third-order valence-corrected chi connectivity index (χ3v) is 4.56. The molecule has 0 radical (unpaired) electrons. The lowest BCUT2D eigenvalue weighted by molar-refractivity contribution is -0.131. The number of nitrogens with one attached hydrogen (secondary N) is 2. The number of rotatable bonds is 6. The Morgan fingerprint density at radius 3 is 2.66 bits per heavy atom. The van der Waals surface area contributed by atoms with Crippen LogP contribution in [0.4, 0.5) is 4.39 Å². The molecular weight excluding hydrogens is 403 g/mol. The monoisotopic (exact) mass is 418 g/mol. The number of halogens is 2. The molecule has 1 atom stereocenters. The summed E-state index contributed by atoms with van der Waals surface area (Å²) in [5, 5.41) is 12.4. The molecule has 0 aliphatic carbocycles. The van der Waals surface area contributed by atoms with Gasteiger partial charge in [-0.2, -0.15) is 0 Å². The first-order valence-corrected chi connectivity index (χ1v) is 8.83. The van der Waals surface area contributed by atoms with Gasteiger partial charge < -0.3 is 20.1 Å². The van der Waals surface area contributed by atoms with Gasteiger partial charge >= 0.3 is 5.97 Å². The van der Waals surface area contributed by atoms with E-state index in [0.717, 1.165) is 0 Å². The van der Waals surface area contributed by atoms with E-state index >= 15 is 0 Å². The second-order valence-electron chi connectivity index (χ2n) is 6.20. The lowest BCUT2D eigenvalue weighted by atomic mass is 10.1. The number of aromatic carboxylic acids is 1. The molecule has 2 aromatic carbocycles. The van der Waals surface area contributed by atoms with Crippen molar-refractivity contribution in [1.82, 2.24) is 10.3 Å². The number of aromatic nitrogens is 1. The summed E-state index contributed by atoms with van der Waals surface area (Å²) in [5.74, 6) is -2.53. The van der Waals surface area contributed by atoms with Crippen LogP contribution in [0.2, 0.25) is 5.02 Å². The van der Waals surface area contributed by atoms with Crippen LogP contribution in [0.5, 0.6) is 0 Å². The van der Waals surface area contributed by atoms with Crippen molar-refractivity contribution in [3.8, 4) is 0 Å². The van der Waals surface area contributed by atoms with Gasteiger partial charge in [-0.1, -0.05) is 29.8 Å². The molecule has 3 rings (SSSR count). The molecule has 29 heavy (non-hydrogen) atoms. The number of hydrogen-bond donors (Lipinski definition) is 3. The smallest absolute Gasteiger partial charge is 0.341 e. The number of pyridine rings is 1. The predicted octanol–water partition coefficient (Wildman–Crippen LogP) is 3.02. The zero-order chi connectivity index (χ0) is 21.1. The van der Waals surface area contributed by atoms with Crippen molar-refractivity contribution in [3.63, 3.8) is 0 Å². The molecule has 0 spiro atoms. The first kappa shape index (κ1) is 20.5. The van der Waals surface area contributed by atoms with Crippen LogP contribution >= 0.6 is 11.6 Å². The van der Waals surface area contributed by atoms with E-state index in [9.17, 15) is 18.8 Å². The Morgan fingerprint density at radius 2 is 2.00 bits per heavy atom.